The van der Waals surface area contributed by atoms with Gasteiger partial charge in [0.25, 0.3) is 0 Å². The summed E-state index contributed by atoms with van der Waals surface area (Å²) in [7, 11) is 1.47. The van der Waals surface area contributed by atoms with E-state index in [2.05, 4.69) is 0 Å². The number of rotatable bonds is 2. The maximum atomic E-state index is 12.6. The highest BCUT2D eigenvalue weighted by atomic mass is 16.5. The van der Waals surface area contributed by atoms with Gasteiger partial charge in [0.1, 0.15) is 0 Å². The standard InChI is InChI=1S/C22H16O4/c1-26-20-11-19(15-7-3-5-9-17(15)22(20)25)18-10-13(12-23)21(24)16-8-4-2-6-14(16)18/h2-11,23H,12H2,1H3/b19-18+. The summed E-state index contributed by atoms with van der Waals surface area (Å²) in [5.74, 6) is -0.0953. The first-order valence-corrected chi connectivity index (χ1v) is 8.25. The van der Waals surface area contributed by atoms with E-state index in [1.54, 1.807) is 30.4 Å². The van der Waals surface area contributed by atoms with Gasteiger partial charge in [0.15, 0.2) is 11.5 Å². The number of carbonyl (C=O) groups excluding carboxylic acids is 2. The Labute approximate surface area is 150 Å². The van der Waals surface area contributed by atoms with Crippen LogP contribution in [0.25, 0.3) is 11.1 Å². The van der Waals surface area contributed by atoms with Gasteiger partial charge in [-0.15, -0.1) is 0 Å². The minimum Gasteiger partial charge on any atom is -0.493 e. The predicted octanol–water partition coefficient (Wildman–Crippen LogP) is 3.44. The molecule has 0 spiro atoms. The van der Waals surface area contributed by atoms with Crippen LogP contribution in [0, 0.1) is 0 Å². The van der Waals surface area contributed by atoms with E-state index in [1.165, 1.54) is 7.11 Å². The number of Topliss-reactive ketones (excluding diaryl/α,β-unsaturated/α-hetero) is 2. The summed E-state index contributed by atoms with van der Waals surface area (Å²) in [4.78, 5) is 25.1. The van der Waals surface area contributed by atoms with Gasteiger partial charge in [-0.3, -0.25) is 9.59 Å². The van der Waals surface area contributed by atoms with Crippen molar-refractivity contribution in [1.82, 2.24) is 0 Å². The Hall–Kier alpha value is -3.24. The molecule has 0 unspecified atom stereocenters. The summed E-state index contributed by atoms with van der Waals surface area (Å²) >= 11 is 0. The van der Waals surface area contributed by atoms with E-state index < -0.39 is 0 Å². The van der Waals surface area contributed by atoms with Gasteiger partial charge in [-0.2, -0.15) is 0 Å². The number of aliphatic hydroxyl groups is 1. The van der Waals surface area contributed by atoms with Crippen LogP contribution in [0.5, 0.6) is 0 Å². The average molecular weight is 344 g/mol. The Balaban J connectivity index is 2.09. The number of aliphatic hydroxyl groups excluding tert-OH is 1. The van der Waals surface area contributed by atoms with E-state index in [9.17, 15) is 14.7 Å². The molecule has 2 aromatic rings. The zero-order valence-electron chi connectivity index (χ0n) is 14.2. The van der Waals surface area contributed by atoms with Crippen LogP contribution in [0.1, 0.15) is 31.8 Å². The number of benzene rings is 2. The molecule has 2 aliphatic rings. The van der Waals surface area contributed by atoms with Crippen molar-refractivity contribution < 1.29 is 19.4 Å². The van der Waals surface area contributed by atoms with Crippen molar-refractivity contribution in [1.29, 1.82) is 0 Å². The summed E-state index contributed by atoms with van der Waals surface area (Å²) < 4.78 is 5.28. The number of methoxy groups -OCH3 is 1. The minimum atomic E-state index is -0.342. The van der Waals surface area contributed by atoms with Crippen LogP contribution < -0.4 is 0 Å². The summed E-state index contributed by atoms with van der Waals surface area (Å²) in [6.07, 6.45) is 3.41. The van der Waals surface area contributed by atoms with Gasteiger partial charge in [-0.25, -0.2) is 0 Å². The number of ketones is 2. The van der Waals surface area contributed by atoms with E-state index in [0.717, 1.165) is 22.3 Å². The van der Waals surface area contributed by atoms with E-state index >= 15 is 0 Å². The lowest BCUT2D eigenvalue weighted by atomic mass is 9.80. The first-order valence-electron chi connectivity index (χ1n) is 8.25. The largest absolute Gasteiger partial charge is 0.493 e. The highest BCUT2D eigenvalue weighted by Gasteiger charge is 2.29. The highest BCUT2D eigenvalue weighted by Crippen LogP contribution is 2.39. The van der Waals surface area contributed by atoms with Crippen molar-refractivity contribution in [2.75, 3.05) is 13.7 Å². The summed E-state index contributed by atoms with van der Waals surface area (Å²) in [6, 6.07) is 14.6. The molecule has 4 heteroatoms. The molecule has 0 fully saturated rings. The lowest BCUT2D eigenvalue weighted by molar-refractivity contribution is 0.0951. The number of ether oxygens (including phenoxy) is 1. The van der Waals surface area contributed by atoms with Crippen LogP contribution in [0.3, 0.4) is 0 Å². The Morgan fingerprint density at radius 3 is 1.81 bits per heavy atom. The monoisotopic (exact) mass is 344 g/mol. The van der Waals surface area contributed by atoms with Gasteiger partial charge >= 0.3 is 0 Å². The van der Waals surface area contributed by atoms with Crippen molar-refractivity contribution in [2.24, 2.45) is 0 Å². The van der Waals surface area contributed by atoms with Gasteiger partial charge in [0.05, 0.1) is 13.7 Å². The van der Waals surface area contributed by atoms with Crippen LogP contribution in [0.4, 0.5) is 0 Å². The molecule has 4 nitrogen and oxygen atoms in total. The van der Waals surface area contributed by atoms with E-state index in [-0.39, 0.29) is 23.9 Å². The second kappa shape index (κ2) is 6.24. The van der Waals surface area contributed by atoms with Crippen molar-refractivity contribution in [3.05, 3.63) is 94.3 Å². The molecule has 0 saturated heterocycles. The molecule has 4 rings (SSSR count). The molecule has 1 N–H and O–H groups in total. The Morgan fingerprint density at radius 1 is 0.769 bits per heavy atom. The highest BCUT2D eigenvalue weighted by molar-refractivity contribution is 6.22. The third-order valence-electron chi connectivity index (χ3n) is 4.71. The van der Waals surface area contributed by atoms with Gasteiger partial charge in [-0.1, -0.05) is 48.5 Å². The Morgan fingerprint density at radius 2 is 1.27 bits per heavy atom. The molecular weight excluding hydrogens is 328 g/mol. The number of fused-ring (bicyclic) bond motifs is 2. The molecule has 0 atom stereocenters. The van der Waals surface area contributed by atoms with Crippen molar-refractivity contribution in [3.8, 4) is 0 Å². The maximum Gasteiger partial charge on any atom is 0.228 e. The van der Waals surface area contributed by atoms with Crippen molar-refractivity contribution >= 4 is 22.7 Å². The van der Waals surface area contributed by atoms with Crippen molar-refractivity contribution in [3.63, 3.8) is 0 Å². The first kappa shape index (κ1) is 16.2. The number of hydrogen-bond donors (Lipinski definition) is 1. The fraction of sp³-hybridized carbons (Fsp3) is 0.0909. The smallest absolute Gasteiger partial charge is 0.228 e. The van der Waals surface area contributed by atoms with Gasteiger partial charge in [-0.05, 0) is 34.4 Å². The minimum absolute atomic E-state index is 0.168. The first-order chi connectivity index (χ1) is 12.7. The quantitative estimate of drug-likeness (QED) is 0.906. The second-order valence-corrected chi connectivity index (χ2v) is 6.12. The van der Waals surface area contributed by atoms with Crippen LogP contribution in [0.2, 0.25) is 0 Å². The van der Waals surface area contributed by atoms with Crippen LogP contribution in [0.15, 0.2) is 72.0 Å². The molecule has 128 valence electrons. The normalized spacial score (nSPS) is 18.7. The molecule has 26 heavy (non-hydrogen) atoms. The van der Waals surface area contributed by atoms with Gasteiger partial charge in [0, 0.05) is 16.7 Å². The summed E-state index contributed by atoms with van der Waals surface area (Å²) in [5.41, 5.74) is 4.58. The van der Waals surface area contributed by atoms with Crippen LogP contribution >= 0.6 is 0 Å². The lowest BCUT2D eigenvalue weighted by Crippen LogP contribution is -2.17. The number of carbonyl (C=O) groups is 2. The van der Waals surface area contributed by atoms with E-state index in [0.29, 0.717) is 16.7 Å². The van der Waals surface area contributed by atoms with E-state index in [1.807, 2.05) is 30.3 Å². The lowest BCUT2D eigenvalue weighted by Gasteiger charge is -2.23. The third-order valence-corrected chi connectivity index (χ3v) is 4.71. The Bertz CT molecular complexity index is 954. The molecule has 0 amide bonds. The molecule has 0 saturated carbocycles. The molecule has 0 aliphatic heterocycles. The third kappa shape index (κ3) is 2.35. The molecule has 0 radical (unpaired) electrons. The van der Waals surface area contributed by atoms with Crippen molar-refractivity contribution in [2.45, 2.75) is 0 Å². The van der Waals surface area contributed by atoms with Gasteiger partial charge in [0.2, 0.25) is 5.78 Å². The molecule has 0 bridgehead atoms. The molecular formula is C22H16O4. The molecule has 0 aromatic heterocycles. The number of hydrogen-bond acceptors (Lipinski definition) is 4. The zero-order chi connectivity index (χ0) is 18.3. The van der Waals surface area contributed by atoms with Crippen LogP contribution in [-0.2, 0) is 4.74 Å². The number of allylic oxidation sites excluding steroid dienone is 5. The summed E-state index contributed by atoms with van der Waals surface area (Å²) in [5, 5.41) is 9.63. The fourth-order valence-corrected chi connectivity index (χ4v) is 3.44. The molecule has 0 heterocycles. The fourth-order valence-electron chi connectivity index (χ4n) is 3.44. The predicted molar refractivity (Wildman–Crippen MR) is 98.6 cm³/mol. The SMILES string of the molecule is COC1=C/C(=C2/C=C(CO)C(=O)c3ccccc32)c2ccccc2C1=O. The maximum absolute atomic E-state index is 12.6. The summed E-state index contributed by atoms with van der Waals surface area (Å²) in [6.45, 7) is -0.342. The average Bonchev–Trinajstić information content (AvgIpc) is 2.69. The molecule has 2 aliphatic carbocycles. The topological polar surface area (TPSA) is 63.6 Å². The Kier molecular flexibility index (Phi) is 3.90. The second-order valence-electron chi connectivity index (χ2n) is 6.12. The molecule has 2 aromatic carbocycles. The van der Waals surface area contributed by atoms with E-state index in [4.69, 9.17) is 4.74 Å². The van der Waals surface area contributed by atoms with Crippen LogP contribution in [-0.4, -0.2) is 30.4 Å². The zero-order valence-corrected chi connectivity index (χ0v) is 14.2. The van der Waals surface area contributed by atoms with Gasteiger partial charge < -0.3 is 9.84 Å².